The van der Waals surface area contributed by atoms with Crippen molar-refractivity contribution in [3.05, 3.63) is 34.3 Å². The van der Waals surface area contributed by atoms with Crippen LogP contribution in [0.15, 0.2) is 18.2 Å². The van der Waals surface area contributed by atoms with E-state index in [4.69, 9.17) is 16.9 Å². The van der Waals surface area contributed by atoms with Crippen LogP contribution in [-0.2, 0) is 0 Å². The van der Waals surface area contributed by atoms with Crippen LogP contribution in [0.4, 0.5) is 0 Å². The minimum absolute atomic E-state index is 0.422. The van der Waals surface area contributed by atoms with Gasteiger partial charge in [0, 0.05) is 5.02 Å². The van der Waals surface area contributed by atoms with Gasteiger partial charge in [-0.2, -0.15) is 5.26 Å². The molecule has 1 aromatic carbocycles. The van der Waals surface area contributed by atoms with Crippen LogP contribution in [0.5, 0.6) is 0 Å². The van der Waals surface area contributed by atoms with Gasteiger partial charge in [0.05, 0.1) is 18.1 Å². The van der Waals surface area contributed by atoms with Gasteiger partial charge in [-0.15, -0.1) is 0 Å². The van der Waals surface area contributed by atoms with E-state index >= 15 is 0 Å². The molecule has 2 unspecified atom stereocenters. The van der Waals surface area contributed by atoms with Crippen molar-refractivity contribution in [1.82, 2.24) is 0 Å². The van der Waals surface area contributed by atoms with Gasteiger partial charge in [-0.25, -0.2) is 0 Å². The number of aliphatic hydroxyl groups excluding tert-OH is 1. The lowest BCUT2D eigenvalue weighted by Gasteiger charge is -2.13. The van der Waals surface area contributed by atoms with Gasteiger partial charge in [-0.3, -0.25) is 0 Å². The van der Waals surface area contributed by atoms with E-state index in [9.17, 15) is 5.11 Å². The van der Waals surface area contributed by atoms with Crippen LogP contribution in [0.1, 0.15) is 24.2 Å². The molecule has 0 aromatic heterocycles. The third-order valence-electron chi connectivity index (χ3n) is 2.21. The molecule has 1 rings (SSSR count). The molecule has 0 heterocycles. The number of benzene rings is 1. The highest BCUT2D eigenvalue weighted by atomic mass is 35.5. The molecule has 3 heteroatoms. The molecule has 1 aromatic rings. The zero-order valence-electron chi connectivity index (χ0n) is 8.16. The molecule has 0 aliphatic carbocycles. The number of hydrogen-bond donors (Lipinski definition) is 1. The second-order valence-electron chi connectivity index (χ2n) is 3.37. The second kappa shape index (κ2) is 4.45. The van der Waals surface area contributed by atoms with E-state index in [1.807, 2.05) is 19.1 Å². The number of nitrogens with zero attached hydrogens (tertiary/aromatic N) is 1. The third-order valence-corrected chi connectivity index (χ3v) is 2.62. The molecule has 0 saturated heterocycles. The minimum Gasteiger partial charge on any atom is -0.387 e. The second-order valence-corrected chi connectivity index (χ2v) is 3.78. The van der Waals surface area contributed by atoms with Gasteiger partial charge in [0.25, 0.3) is 0 Å². The van der Waals surface area contributed by atoms with E-state index in [0.717, 1.165) is 5.56 Å². The maximum Gasteiger partial charge on any atom is 0.0945 e. The lowest BCUT2D eigenvalue weighted by atomic mass is 9.98. The summed E-state index contributed by atoms with van der Waals surface area (Å²) in [7, 11) is 0. The van der Waals surface area contributed by atoms with Crippen molar-refractivity contribution < 1.29 is 5.11 Å². The van der Waals surface area contributed by atoms with Gasteiger partial charge in [0.15, 0.2) is 0 Å². The number of hydrogen-bond acceptors (Lipinski definition) is 2. The molecule has 0 spiro atoms. The van der Waals surface area contributed by atoms with Gasteiger partial charge in [-0.05, 0) is 31.0 Å². The Labute approximate surface area is 88.7 Å². The lowest BCUT2D eigenvalue weighted by Crippen LogP contribution is -2.06. The molecule has 0 fully saturated rings. The summed E-state index contributed by atoms with van der Waals surface area (Å²) in [6.45, 7) is 3.57. The predicted molar refractivity (Wildman–Crippen MR) is 55.9 cm³/mol. The average Bonchev–Trinajstić information content (AvgIpc) is 2.20. The van der Waals surface area contributed by atoms with Crippen LogP contribution >= 0.6 is 11.6 Å². The predicted octanol–water partition coefficient (Wildman–Crippen LogP) is 2.84. The quantitative estimate of drug-likeness (QED) is 0.814. The van der Waals surface area contributed by atoms with Gasteiger partial charge >= 0.3 is 0 Å². The van der Waals surface area contributed by atoms with Crippen LogP contribution in [-0.4, -0.2) is 5.11 Å². The van der Waals surface area contributed by atoms with Crippen LogP contribution in [0, 0.1) is 24.2 Å². The smallest absolute Gasteiger partial charge is 0.0945 e. The van der Waals surface area contributed by atoms with Crippen molar-refractivity contribution in [3.63, 3.8) is 0 Å². The topological polar surface area (TPSA) is 44.0 Å². The molecule has 74 valence electrons. The Kier molecular flexibility index (Phi) is 3.51. The normalized spacial score (nSPS) is 14.5. The van der Waals surface area contributed by atoms with Crippen molar-refractivity contribution in [2.75, 3.05) is 0 Å². The lowest BCUT2D eigenvalue weighted by molar-refractivity contribution is 0.143. The average molecular weight is 210 g/mol. The van der Waals surface area contributed by atoms with Crippen molar-refractivity contribution >= 4 is 11.6 Å². The highest BCUT2D eigenvalue weighted by molar-refractivity contribution is 6.31. The fraction of sp³-hybridized carbons (Fsp3) is 0.364. The molecule has 0 bridgehead atoms. The van der Waals surface area contributed by atoms with E-state index in [-0.39, 0.29) is 0 Å². The van der Waals surface area contributed by atoms with Gasteiger partial charge < -0.3 is 5.11 Å². The van der Waals surface area contributed by atoms with E-state index in [1.165, 1.54) is 0 Å². The Balaban J connectivity index is 2.98. The molecule has 0 aliphatic heterocycles. The van der Waals surface area contributed by atoms with Crippen molar-refractivity contribution in [3.8, 4) is 6.07 Å². The summed E-state index contributed by atoms with van der Waals surface area (Å²) in [4.78, 5) is 0. The summed E-state index contributed by atoms with van der Waals surface area (Å²) in [5, 5.41) is 19.0. The van der Waals surface area contributed by atoms with Crippen LogP contribution in [0.25, 0.3) is 0 Å². The Hall–Kier alpha value is -1.04. The number of rotatable bonds is 2. The summed E-state index contributed by atoms with van der Waals surface area (Å²) in [5.74, 6) is -0.422. The van der Waals surface area contributed by atoms with Crippen molar-refractivity contribution in [1.29, 1.82) is 5.26 Å². The minimum atomic E-state index is -0.766. The molecule has 0 aliphatic rings. The molecule has 1 N–H and O–H groups in total. The zero-order chi connectivity index (χ0) is 10.7. The number of aryl methyl sites for hydroxylation is 1. The maximum absolute atomic E-state index is 9.72. The summed E-state index contributed by atoms with van der Waals surface area (Å²) < 4.78 is 0. The highest BCUT2D eigenvalue weighted by Gasteiger charge is 2.16. The number of halogens is 1. The monoisotopic (exact) mass is 209 g/mol. The first kappa shape index (κ1) is 11.0. The van der Waals surface area contributed by atoms with Crippen molar-refractivity contribution in [2.45, 2.75) is 20.0 Å². The molecular weight excluding hydrogens is 198 g/mol. The first-order valence-corrected chi connectivity index (χ1v) is 4.77. The molecule has 14 heavy (non-hydrogen) atoms. The zero-order valence-corrected chi connectivity index (χ0v) is 8.92. The Morgan fingerprint density at radius 3 is 2.64 bits per heavy atom. The summed E-state index contributed by atoms with van der Waals surface area (Å²) in [5.41, 5.74) is 1.65. The fourth-order valence-corrected chi connectivity index (χ4v) is 1.34. The molecule has 0 saturated carbocycles. The fourth-order valence-electron chi connectivity index (χ4n) is 1.15. The Morgan fingerprint density at radius 2 is 2.14 bits per heavy atom. The van der Waals surface area contributed by atoms with Gasteiger partial charge in [0.1, 0.15) is 0 Å². The molecular formula is C11H12ClNO. The summed E-state index contributed by atoms with van der Waals surface area (Å²) >= 11 is 5.91. The highest BCUT2D eigenvalue weighted by Crippen LogP contribution is 2.25. The summed E-state index contributed by atoms with van der Waals surface area (Å²) in [6.07, 6.45) is -0.766. The first-order chi connectivity index (χ1) is 6.56. The molecule has 2 nitrogen and oxygen atoms in total. The van der Waals surface area contributed by atoms with E-state index in [2.05, 4.69) is 0 Å². The standard InChI is InChI=1S/C11H12ClNO/c1-7-3-4-9(5-10(7)12)11(14)8(2)6-13/h3-5,8,11,14H,1-2H3. The molecule has 2 atom stereocenters. The number of aliphatic hydroxyl groups is 1. The number of nitriles is 1. The molecule has 0 radical (unpaired) electrons. The summed E-state index contributed by atoms with van der Waals surface area (Å²) in [6, 6.07) is 7.34. The van der Waals surface area contributed by atoms with Crippen molar-refractivity contribution in [2.24, 2.45) is 5.92 Å². The third kappa shape index (κ3) is 2.25. The van der Waals surface area contributed by atoms with E-state index in [1.54, 1.807) is 19.1 Å². The van der Waals surface area contributed by atoms with Gasteiger partial charge in [0.2, 0.25) is 0 Å². The SMILES string of the molecule is Cc1ccc(C(O)C(C)C#N)cc1Cl. The van der Waals surface area contributed by atoms with E-state index < -0.39 is 12.0 Å². The Morgan fingerprint density at radius 1 is 1.50 bits per heavy atom. The van der Waals surface area contributed by atoms with Crippen LogP contribution in [0.3, 0.4) is 0 Å². The first-order valence-electron chi connectivity index (χ1n) is 4.40. The van der Waals surface area contributed by atoms with Crippen LogP contribution in [0.2, 0.25) is 5.02 Å². The largest absolute Gasteiger partial charge is 0.387 e. The van der Waals surface area contributed by atoms with Gasteiger partial charge in [-0.1, -0.05) is 23.7 Å². The Bertz CT molecular complexity index is 370. The maximum atomic E-state index is 9.72. The molecule has 0 amide bonds. The van der Waals surface area contributed by atoms with Crippen LogP contribution < -0.4 is 0 Å². The van der Waals surface area contributed by atoms with E-state index in [0.29, 0.717) is 10.6 Å².